The Morgan fingerprint density at radius 1 is 1.83 bits per heavy atom. The van der Waals surface area contributed by atoms with Crippen molar-refractivity contribution in [3.8, 4) is 0 Å². The normalized spacial score (nSPS) is 11.8. The summed E-state index contributed by atoms with van der Waals surface area (Å²) >= 11 is 0.979. The standard InChI is InChI=1S/C6H6FNO2S.Na/c1-3-2-11-5(8-3)4(7)6(9)10;/h2,4H,1H3,(H,9,10);/q;+1/p-1. The number of alkyl halides is 1. The van der Waals surface area contributed by atoms with Crippen LogP contribution in [0.3, 0.4) is 0 Å². The molecule has 1 rings (SSSR count). The summed E-state index contributed by atoms with van der Waals surface area (Å²) in [5, 5.41) is 11.5. The third kappa shape index (κ3) is 2.82. The summed E-state index contributed by atoms with van der Waals surface area (Å²) in [4.78, 5) is 13.6. The first-order chi connectivity index (χ1) is 5.11. The number of aromatic nitrogens is 1. The van der Waals surface area contributed by atoms with Gasteiger partial charge in [0.1, 0.15) is 5.01 Å². The van der Waals surface area contributed by atoms with Crippen molar-refractivity contribution in [3.63, 3.8) is 0 Å². The van der Waals surface area contributed by atoms with Gasteiger partial charge in [-0.25, -0.2) is 9.37 Å². The summed E-state index contributed by atoms with van der Waals surface area (Å²) in [5.41, 5.74) is 0.619. The van der Waals surface area contributed by atoms with Crippen molar-refractivity contribution in [3.05, 3.63) is 16.1 Å². The number of carboxylic acids is 1. The van der Waals surface area contributed by atoms with E-state index in [1.165, 1.54) is 0 Å². The second kappa shape index (κ2) is 4.91. The Balaban J connectivity index is 0.00000121. The fraction of sp³-hybridized carbons (Fsp3) is 0.333. The number of halogens is 1. The van der Waals surface area contributed by atoms with E-state index in [0.717, 1.165) is 11.3 Å². The molecule has 1 atom stereocenters. The molecule has 60 valence electrons. The number of nitrogens with zero attached hydrogens (tertiary/aromatic N) is 1. The van der Waals surface area contributed by atoms with Crippen LogP contribution in [0, 0.1) is 6.92 Å². The van der Waals surface area contributed by atoms with Gasteiger partial charge in [-0.05, 0) is 6.92 Å². The Labute approximate surface area is 94.9 Å². The molecule has 0 aliphatic rings. The monoisotopic (exact) mass is 197 g/mol. The van der Waals surface area contributed by atoms with Gasteiger partial charge in [-0.2, -0.15) is 0 Å². The Bertz CT molecular complexity index is 278. The Hall–Kier alpha value is 0.0300. The zero-order chi connectivity index (χ0) is 8.43. The number of carbonyl (C=O) groups is 1. The van der Waals surface area contributed by atoms with Crippen LogP contribution in [0.25, 0.3) is 0 Å². The summed E-state index contributed by atoms with van der Waals surface area (Å²) < 4.78 is 12.6. The van der Waals surface area contributed by atoms with E-state index in [1.807, 2.05) is 0 Å². The van der Waals surface area contributed by atoms with Gasteiger partial charge in [0.25, 0.3) is 0 Å². The molecule has 0 amide bonds. The zero-order valence-corrected chi connectivity index (χ0v) is 9.52. The Morgan fingerprint density at radius 3 is 2.75 bits per heavy atom. The summed E-state index contributed by atoms with van der Waals surface area (Å²) in [6.45, 7) is 1.67. The number of carbonyl (C=O) groups excluding carboxylic acids is 1. The van der Waals surface area contributed by atoms with Crippen LogP contribution in [-0.4, -0.2) is 11.0 Å². The predicted molar refractivity (Wildman–Crippen MR) is 35.7 cm³/mol. The molecule has 0 bridgehead atoms. The van der Waals surface area contributed by atoms with Gasteiger partial charge >= 0.3 is 29.6 Å². The maximum absolute atomic E-state index is 12.6. The Kier molecular flexibility index (Phi) is 4.92. The van der Waals surface area contributed by atoms with Gasteiger partial charge in [-0.1, -0.05) is 0 Å². The van der Waals surface area contributed by atoms with Crippen molar-refractivity contribution in [2.75, 3.05) is 0 Å². The van der Waals surface area contributed by atoms with Crippen molar-refractivity contribution in [1.29, 1.82) is 0 Å². The molecular formula is C6H5FNNaO2S. The number of aryl methyl sites for hydroxylation is 1. The van der Waals surface area contributed by atoms with Crippen LogP contribution in [-0.2, 0) is 4.79 Å². The topological polar surface area (TPSA) is 53.0 Å². The molecule has 1 heterocycles. The molecule has 0 saturated carbocycles. The number of aliphatic carboxylic acids is 1. The number of carboxylic acid groups (broad SMARTS) is 1. The van der Waals surface area contributed by atoms with Gasteiger partial charge < -0.3 is 9.90 Å². The van der Waals surface area contributed by atoms with Crippen molar-refractivity contribution >= 4 is 17.3 Å². The first-order valence-electron chi connectivity index (χ1n) is 2.88. The molecule has 1 aromatic rings. The van der Waals surface area contributed by atoms with E-state index >= 15 is 0 Å². The summed E-state index contributed by atoms with van der Waals surface area (Å²) in [6, 6.07) is 0. The van der Waals surface area contributed by atoms with Crippen LogP contribution in [0.1, 0.15) is 16.9 Å². The fourth-order valence-electron chi connectivity index (χ4n) is 0.589. The van der Waals surface area contributed by atoms with Gasteiger partial charge in [0.15, 0.2) is 6.17 Å². The van der Waals surface area contributed by atoms with Crippen LogP contribution in [0.15, 0.2) is 5.38 Å². The Morgan fingerprint density at radius 2 is 2.42 bits per heavy atom. The number of rotatable bonds is 2. The van der Waals surface area contributed by atoms with E-state index < -0.39 is 12.1 Å². The van der Waals surface area contributed by atoms with Crippen molar-refractivity contribution in [2.45, 2.75) is 13.1 Å². The third-order valence-electron chi connectivity index (χ3n) is 1.06. The molecule has 1 unspecified atom stereocenters. The van der Waals surface area contributed by atoms with Crippen molar-refractivity contribution in [1.82, 2.24) is 4.98 Å². The van der Waals surface area contributed by atoms with Crippen molar-refractivity contribution < 1.29 is 43.8 Å². The van der Waals surface area contributed by atoms with Crippen LogP contribution in [0.2, 0.25) is 0 Å². The molecule has 0 N–H and O–H groups in total. The quantitative estimate of drug-likeness (QED) is 0.482. The summed E-state index contributed by atoms with van der Waals surface area (Å²) in [5.74, 6) is -1.74. The van der Waals surface area contributed by atoms with Gasteiger partial charge in [-0.15, -0.1) is 11.3 Å². The van der Waals surface area contributed by atoms with E-state index in [9.17, 15) is 14.3 Å². The molecule has 0 spiro atoms. The van der Waals surface area contributed by atoms with E-state index in [4.69, 9.17) is 0 Å². The van der Waals surface area contributed by atoms with E-state index in [1.54, 1.807) is 12.3 Å². The first kappa shape index (κ1) is 12.0. The molecular weight excluding hydrogens is 192 g/mol. The van der Waals surface area contributed by atoms with E-state index in [-0.39, 0.29) is 34.6 Å². The molecule has 3 nitrogen and oxygen atoms in total. The maximum atomic E-state index is 12.6. The summed E-state index contributed by atoms with van der Waals surface area (Å²) in [6.07, 6.45) is -2.09. The second-order valence-electron chi connectivity index (χ2n) is 2.01. The van der Waals surface area contributed by atoms with Gasteiger partial charge in [0.2, 0.25) is 0 Å². The third-order valence-corrected chi connectivity index (χ3v) is 2.06. The predicted octanol–water partition coefficient (Wildman–Crippen LogP) is -2.78. The number of hydrogen-bond donors (Lipinski definition) is 0. The largest absolute Gasteiger partial charge is 1.00 e. The molecule has 0 aliphatic carbocycles. The van der Waals surface area contributed by atoms with E-state index in [0.29, 0.717) is 5.69 Å². The number of thiazole rings is 1. The zero-order valence-electron chi connectivity index (χ0n) is 6.70. The molecule has 0 radical (unpaired) electrons. The minimum absolute atomic E-state index is 0. The average Bonchev–Trinajstić information content (AvgIpc) is 2.34. The minimum atomic E-state index is -2.09. The molecule has 0 aromatic carbocycles. The van der Waals surface area contributed by atoms with Crippen LogP contribution in [0.5, 0.6) is 0 Å². The fourth-order valence-corrected chi connectivity index (χ4v) is 1.35. The molecule has 0 aliphatic heterocycles. The summed E-state index contributed by atoms with van der Waals surface area (Å²) in [7, 11) is 0. The minimum Gasteiger partial charge on any atom is -0.546 e. The van der Waals surface area contributed by atoms with Crippen LogP contribution >= 0.6 is 11.3 Å². The smallest absolute Gasteiger partial charge is 0.546 e. The number of hydrogen-bond acceptors (Lipinski definition) is 4. The molecule has 1 aromatic heterocycles. The molecule has 6 heteroatoms. The molecule has 0 fully saturated rings. The first-order valence-corrected chi connectivity index (χ1v) is 3.76. The van der Waals surface area contributed by atoms with Crippen LogP contribution in [0.4, 0.5) is 4.39 Å². The average molecular weight is 197 g/mol. The van der Waals surface area contributed by atoms with Crippen molar-refractivity contribution in [2.24, 2.45) is 0 Å². The van der Waals surface area contributed by atoms with E-state index in [2.05, 4.69) is 4.98 Å². The second-order valence-corrected chi connectivity index (χ2v) is 2.90. The maximum Gasteiger partial charge on any atom is 1.00 e. The van der Waals surface area contributed by atoms with Gasteiger partial charge in [0, 0.05) is 11.1 Å². The van der Waals surface area contributed by atoms with Gasteiger partial charge in [0.05, 0.1) is 5.97 Å². The molecule has 0 saturated heterocycles. The van der Waals surface area contributed by atoms with Gasteiger partial charge in [-0.3, -0.25) is 0 Å². The molecule has 12 heavy (non-hydrogen) atoms. The van der Waals surface area contributed by atoms with Crippen LogP contribution < -0.4 is 34.7 Å². The SMILES string of the molecule is Cc1csc(C(F)C(=O)[O-])n1.[Na+].